The number of hydrogen-bond acceptors (Lipinski definition) is 5. The van der Waals surface area contributed by atoms with Crippen molar-refractivity contribution in [1.29, 1.82) is 0 Å². The molecule has 2 rings (SSSR count). The Balaban J connectivity index is 2.41. The third-order valence-electron chi connectivity index (χ3n) is 4.40. The zero-order valence-corrected chi connectivity index (χ0v) is 13.7. The summed E-state index contributed by atoms with van der Waals surface area (Å²) in [5.41, 5.74) is 3.81. The van der Waals surface area contributed by atoms with Crippen LogP contribution in [0.25, 0.3) is 0 Å². The van der Waals surface area contributed by atoms with Gasteiger partial charge in [0, 0.05) is 24.6 Å². The van der Waals surface area contributed by atoms with Crippen molar-refractivity contribution in [2.24, 2.45) is 5.84 Å². The monoisotopic (exact) mass is 291 g/mol. The molecule has 0 radical (unpaired) electrons. The smallest absolute Gasteiger partial charge is 0.148 e. The number of rotatable bonds is 5. The van der Waals surface area contributed by atoms with Crippen LogP contribution in [0.4, 0.5) is 11.6 Å². The molecule has 1 aliphatic heterocycles. The van der Waals surface area contributed by atoms with Gasteiger partial charge in [-0.05, 0) is 32.6 Å². The van der Waals surface area contributed by atoms with Gasteiger partial charge in [-0.25, -0.2) is 15.8 Å². The maximum absolute atomic E-state index is 5.65. The van der Waals surface area contributed by atoms with Crippen LogP contribution in [0.2, 0.25) is 0 Å². The minimum absolute atomic E-state index is 0.584. The summed E-state index contributed by atoms with van der Waals surface area (Å²) in [6.45, 7) is 7.58. The minimum atomic E-state index is 0.584. The first-order valence-corrected chi connectivity index (χ1v) is 8.32. The van der Waals surface area contributed by atoms with Crippen molar-refractivity contribution in [2.45, 2.75) is 71.8 Å². The lowest BCUT2D eigenvalue weighted by Gasteiger charge is -2.32. The maximum Gasteiger partial charge on any atom is 0.148 e. The third-order valence-corrected chi connectivity index (χ3v) is 4.40. The Hall–Kier alpha value is -1.36. The summed E-state index contributed by atoms with van der Waals surface area (Å²) in [6.07, 6.45) is 8.25. The number of nitrogens with two attached hydrogens (primary N) is 1. The average molecular weight is 291 g/mol. The lowest BCUT2D eigenvalue weighted by Crippen LogP contribution is -2.36. The lowest BCUT2D eigenvalue weighted by molar-refractivity contribution is 0.550. The molecule has 0 bridgehead atoms. The van der Waals surface area contributed by atoms with E-state index in [4.69, 9.17) is 10.8 Å². The van der Waals surface area contributed by atoms with Crippen molar-refractivity contribution in [1.82, 2.24) is 9.97 Å². The van der Waals surface area contributed by atoms with Crippen molar-refractivity contribution in [3.63, 3.8) is 0 Å². The van der Waals surface area contributed by atoms with Gasteiger partial charge >= 0.3 is 0 Å². The van der Waals surface area contributed by atoms with Gasteiger partial charge in [0.25, 0.3) is 0 Å². The predicted molar refractivity (Wildman–Crippen MR) is 88.5 cm³/mol. The Kier molecular flexibility index (Phi) is 5.79. The van der Waals surface area contributed by atoms with E-state index in [-0.39, 0.29) is 0 Å². The first kappa shape index (κ1) is 16.0. The van der Waals surface area contributed by atoms with E-state index in [9.17, 15) is 0 Å². The molecule has 0 aliphatic carbocycles. The molecule has 1 fully saturated rings. The van der Waals surface area contributed by atoms with Crippen molar-refractivity contribution >= 4 is 11.6 Å². The number of nitrogen functional groups attached to an aromatic ring is 1. The Labute approximate surface area is 128 Å². The molecule has 2 heterocycles. The standard InChI is InChI=1S/C16H29N5/c1-4-9-14-18-15(20-17)12(3)16(19-14)21-11-8-6-7-10-13(21)5-2/h13H,4-11,17H2,1-3H3,(H,18,19,20). The second kappa shape index (κ2) is 7.59. The first-order valence-electron chi connectivity index (χ1n) is 8.32. The Bertz CT molecular complexity index is 460. The van der Waals surface area contributed by atoms with Crippen molar-refractivity contribution in [3.8, 4) is 0 Å². The summed E-state index contributed by atoms with van der Waals surface area (Å²) >= 11 is 0. The fraction of sp³-hybridized carbons (Fsp3) is 0.750. The molecule has 3 N–H and O–H groups in total. The van der Waals surface area contributed by atoms with Gasteiger partial charge in [0.1, 0.15) is 17.5 Å². The van der Waals surface area contributed by atoms with Crippen molar-refractivity contribution < 1.29 is 0 Å². The highest BCUT2D eigenvalue weighted by molar-refractivity contribution is 5.58. The zero-order chi connectivity index (χ0) is 15.2. The van der Waals surface area contributed by atoms with Crippen LogP contribution in [0.3, 0.4) is 0 Å². The van der Waals surface area contributed by atoms with Gasteiger partial charge in [0.15, 0.2) is 0 Å². The van der Waals surface area contributed by atoms with Crippen LogP contribution in [0.15, 0.2) is 0 Å². The molecule has 1 unspecified atom stereocenters. The number of nitrogens with one attached hydrogen (secondary N) is 1. The molecule has 0 aromatic carbocycles. The lowest BCUT2D eigenvalue weighted by atomic mass is 10.1. The van der Waals surface area contributed by atoms with E-state index < -0.39 is 0 Å². The second-order valence-electron chi connectivity index (χ2n) is 5.94. The normalized spacial score (nSPS) is 19.4. The largest absolute Gasteiger partial charge is 0.353 e. The highest BCUT2D eigenvalue weighted by Crippen LogP contribution is 2.29. The first-order chi connectivity index (χ1) is 10.2. The molecule has 21 heavy (non-hydrogen) atoms. The number of hydrazine groups is 1. The van der Waals surface area contributed by atoms with Gasteiger partial charge in [0.2, 0.25) is 0 Å². The highest BCUT2D eigenvalue weighted by Gasteiger charge is 2.24. The van der Waals surface area contributed by atoms with Crippen molar-refractivity contribution in [2.75, 3.05) is 16.9 Å². The van der Waals surface area contributed by atoms with Gasteiger partial charge in [0.05, 0.1) is 0 Å². The Morgan fingerprint density at radius 3 is 2.71 bits per heavy atom. The molecule has 5 heteroatoms. The fourth-order valence-electron chi connectivity index (χ4n) is 3.19. The highest BCUT2D eigenvalue weighted by atomic mass is 15.3. The number of hydrogen-bond donors (Lipinski definition) is 2. The average Bonchev–Trinajstić information content (AvgIpc) is 2.74. The van der Waals surface area contributed by atoms with Gasteiger partial charge in [-0.15, -0.1) is 0 Å². The molecule has 1 aromatic rings. The topological polar surface area (TPSA) is 67.1 Å². The van der Waals surface area contributed by atoms with E-state index in [2.05, 4.69) is 36.1 Å². The van der Waals surface area contributed by atoms with E-state index in [0.717, 1.165) is 48.8 Å². The van der Waals surface area contributed by atoms with E-state index in [0.29, 0.717) is 6.04 Å². The molecule has 0 amide bonds. The van der Waals surface area contributed by atoms with Gasteiger partial charge < -0.3 is 10.3 Å². The molecule has 1 saturated heterocycles. The van der Waals surface area contributed by atoms with Gasteiger partial charge in [-0.2, -0.15) is 0 Å². The Morgan fingerprint density at radius 1 is 1.24 bits per heavy atom. The number of aromatic nitrogens is 2. The van der Waals surface area contributed by atoms with Crippen LogP contribution in [0, 0.1) is 6.92 Å². The third kappa shape index (κ3) is 3.64. The summed E-state index contributed by atoms with van der Waals surface area (Å²) in [6, 6.07) is 0.584. The molecule has 118 valence electrons. The van der Waals surface area contributed by atoms with Crippen molar-refractivity contribution in [3.05, 3.63) is 11.4 Å². The molecular formula is C16H29N5. The zero-order valence-electron chi connectivity index (χ0n) is 13.7. The van der Waals surface area contributed by atoms with E-state index in [1.54, 1.807) is 0 Å². The predicted octanol–water partition coefficient (Wildman–Crippen LogP) is 3.18. The van der Waals surface area contributed by atoms with Crippen LogP contribution >= 0.6 is 0 Å². The van der Waals surface area contributed by atoms with E-state index in [1.807, 2.05) is 0 Å². The van der Waals surface area contributed by atoms with Crippen LogP contribution in [0.5, 0.6) is 0 Å². The summed E-state index contributed by atoms with van der Waals surface area (Å²) in [5.74, 6) is 8.39. The minimum Gasteiger partial charge on any atom is -0.353 e. The van der Waals surface area contributed by atoms with Gasteiger partial charge in [-0.3, -0.25) is 0 Å². The quantitative estimate of drug-likeness (QED) is 0.644. The SMILES string of the molecule is CCCc1nc(NN)c(C)c(N2CCCCCC2CC)n1. The van der Waals surface area contributed by atoms with Crippen LogP contribution in [-0.2, 0) is 6.42 Å². The van der Waals surface area contributed by atoms with E-state index in [1.165, 1.54) is 25.7 Å². The van der Waals surface area contributed by atoms with Crippen LogP contribution in [-0.4, -0.2) is 22.6 Å². The second-order valence-corrected chi connectivity index (χ2v) is 5.94. The number of aryl methyl sites for hydroxylation is 1. The number of anilines is 2. The fourth-order valence-corrected chi connectivity index (χ4v) is 3.19. The Morgan fingerprint density at radius 2 is 2.05 bits per heavy atom. The van der Waals surface area contributed by atoms with Crippen LogP contribution in [0.1, 0.15) is 63.8 Å². The molecular weight excluding hydrogens is 262 g/mol. The summed E-state index contributed by atoms with van der Waals surface area (Å²) in [4.78, 5) is 11.9. The van der Waals surface area contributed by atoms with Gasteiger partial charge in [-0.1, -0.05) is 26.7 Å². The molecule has 0 saturated carbocycles. The summed E-state index contributed by atoms with van der Waals surface area (Å²) in [7, 11) is 0. The molecule has 1 aliphatic rings. The molecule has 0 spiro atoms. The molecule has 1 atom stereocenters. The summed E-state index contributed by atoms with van der Waals surface area (Å²) in [5, 5.41) is 0. The van der Waals surface area contributed by atoms with Crippen LogP contribution < -0.4 is 16.2 Å². The molecule has 1 aromatic heterocycles. The summed E-state index contributed by atoms with van der Waals surface area (Å²) < 4.78 is 0. The van der Waals surface area contributed by atoms with E-state index >= 15 is 0 Å². The number of nitrogens with zero attached hydrogens (tertiary/aromatic N) is 3. The molecule has 5 nitrogen and oxygen atoms in total. The maximum atomic E-state index is 5.65.